The molecule has 1 saturated heterocycles. The van der Waals surface area contributed by atoms with Crippen LogP contribution in [0.15, 0.2) is 17.1 Å². The van der Waals surface area contributed by atoms with Crippen molar-refractivity contribution in [2.24, 2.45) is 0 Å². The molecule has 1 aromatic rings. The number of phosphoric ester groups is 2. The summed E-state index contributed by atoms with van der Waals surface area (Å²) in [6.45, 7) is -0.357. The number of nitrogens with zero attached hydrogens (tertiary/aromatic N) is 4. The Morgan fingerprint density at radius 3 is 2.14 bits per heavy atom. The Labute approximate surface area is 215 Å². The van der Waals surface area contributed by atoms with Crippen molar-refractivity contribution in [1.29, 1.82) is 0 Å². The molecule has 0 saturated carbocycles. The van der Waals surface area contributed by atoms with Crippen LogP contribution in [0.3, 0.4) is 0 Å². The summed E-state index contributed by atoms with van der Waals surface area (Å²) in [5.74, 6) is -0.0459. The molecule has 5 N–H and O–H groups in total. The van der Waals surface area contributed by atoms with Crippen LogP contribution in [-0.2, 0) is 31.7 Å². The Bertz CT molecular complexity index is 1060. The average molecular weight is 575 g/mol. The molecule has 37 heavy (non-hydrogen) atoms. The second kappa shape index (κ2) is 12.3. The Kier molecular flexibility index (Phi) is 10.6. The fourth-order valence-electron chi connectivity index (χ4n) is 2.97. The summed E-state index contributed by atoms with van der Waals surface area (Å²) in [4.78, 5) is 25.8. The molecule has 0 spiro atoms. The maximum Gasteiger partial charge on any atom is 0.484 e. The van der Waals surface area contributed by atoms with Gasteiger partial charge in [0.05, 0.1) is 48.9 Å². The van der Waals surface area contributed by atoms with Crippen LogP contribution in [0.4, 0.5) is 5.82 Å². The van der Waals surface area contributed by atoms with Crippen LogP contribution < -0.4 is 11.4 Å². The summed E-state index contributed by atoms with van der Waals surface area (Å²) in [7, 11) is 1.45. The zero-order valence-electron chi connectivity index (χ0n) is 21.9. The lowest BCUT2D eigenvalue weighted by molar-refractivity contribution is -0.870. The first kappa shape index (κ1) is 32.0. The quantitative estimate of drug-likeness (QED) is 0.158. The smallest absolute Gasteiger partial charge is 0.387 e. The second-order valence-corrected chi connectivity index (χ2v) is 13.8. The van der Waals surface area contributed by atoms with E-state index < -0.39 is 52.5 Å². The average Bonchev–Trinajstić information content (AvgIpc) is 2.98. The molecule has 0 amide bonds. The number of likely N-dealkylation sites (N-methyl/N-ethyl adjacent to an activating group) is 2. The van der Waals surface area contributed by atoms with Gasteiger partial charge in [0.15, 0.2) is 6.23 Å². The van der Waals surface area contributed by atoms with E-state index in [0.717, 1.165) is 4.57 Å². The molecule has 2 unspecified atom stereocenters. The molecule has 18 heteroatoms. The molecule has 16 nitrogen and oxygen atoms in total. The summed E-state index contributed by atoms with van der Waals surface area (Å²) in [5, 5.41) is 20.8. The highest BCUT2D eigenvalue weighted by molar-refractivity contribution is 7.61. The van der Waals surface area contributed by atoms with E-state index in [1.807, 2.05) is 42.3 Å². The molecule has 0 aliphatic carbocycles. The SMILES string of the molecule is C[N+](C)(C)CCOP(=O)(O)OP(=O)(OCC[N+](C)(C)C)OC[C@H]1O[C@@H](n2ccc(N)nc2=O)[C@H](O)[C@@H]1O. The normalized spacial score (nSPS) is 26.1. The fourth-order valence-corrected chi connectivity index (χ4v) is 5.57. The van der Waals surface area contributed by atoms with Gasteiger partial charge in [-0.1, -0.05) is 0 Å². The highest BCUT2D eigenvalue weighted by Crippen LogP contribution is 2.63. The van der Waals surface area contributed by atoms with Gasteiger partial charge in [-0.3, -0.25) is 18.1 Å². The predicted molar refractivity (Wildman–Crippen MR) is 131 cm³/mol. The van der Waals surface area contributed by atoms with Crippen molar-refractivity contribution in [2.75, 3.05) is 80.9 Å². The second-order valence-electron chi connectivity index (χ2n) is 10.6. The highest BCUT2D eigenvalue weighted by Gasteiger charge is 2.47. The summed E-state index contributed by atoms with van der Waals surface area (Å²) in [6, 6.07) is 1.30. The first-order valence-electron chi connectivity index (χ1n) is 11.4. The Morgan fingerprint density at radius 2 is 1.59 bits per heavy atom. The van der Waals surface area contributed by atoms with Crippen molar-refractivity contribution >= 4 is 21.5 Å². The van der Waals surface area contributed by atoms with Gasteiger partial charge in [0.2, 0.25) is 0 Å². The van der Waals surface area contributed by atoms with Crippen LogP contribution in [0.2, 0.25) is 0 Å². The van der Waals surface area contributed by atoms with Gasteiger partial charge in [0.25, 0.3) is 0 Å². The van der Waals surface area contributed by atoms with Crippen molar-refractivity contribution in [1.82, 2.24) is 9.55 Å². The number of anilines is 1. The first-order valence-corrected chi connectivity index (χ1v) is 14.3. The maximum absolute atomic E-state index is 13.3. The third-order valence-electron chi connectivity index (χ3n) is 5.09. The van der Waals surface area contributed by atoms with Gasteiger partial charge in [-0.2, -0.15) is 9.29 Å². The molecule has 0 bridgehead atoms. The minimum absolute atomic E-state index is 0.0459. The van der Waals surface area contributed by atoms with Gasteiger partial charge >= 0.3 is 21.3 Å². The van der Waals surface area contributed by atoms with Crippen molar-refractivity contribution in [3.63, 3.8) is 0 Å². The first-order chi connectivity index (χ1) is 16.8. The number of ether oxygens (including phenoxy) is 1. The third-order valence-corrected chi connectivity index (χ3v) is 8.19. The van der Waals surface area contributed by atoms with Crippen molar-refractivity contribution in [2.45, 2.75) is 24.5 Å². The molecule has 6 atom stereocenters. The number of aromatic nitrogens is 2. The highest BCUT2D eigenvalue weighted by atomic mass is 31.3. The monoisotopic (exact) mass is 575 g/mol. The Balaban J connectivity index is 2.13. The number of aliphatic hydroxyl groups excluding tert-OH is 2. The van der Waals surface area contributed by atoms with Gasteiger partial charge in [-0.05, 0) is 6.07 Å². The molecule has 0 aromatic carbocycles. The minimum atomic E-state index is -4.89. The molecular weight excluding hydrogens is 536 g/mol. The van der Waals surface area contributed by atoms with Crippen molar-refractivity contribution < 1.29 is 55.8 Å². The summed E-state index contributed by atoms with van der Waals surface area (Å²) in [6.07, 6.45) is -4.62. The van der Waals surface area contributed by atoms with Crippen LogP contribution in [0.5, 0.6) is 0 Å². The van der Waals surface area contributed by atoms with Crippen LogP contribution >= 0.6 is 15.6 Å². The largest absolute Gasteiger partial charge is 0.484 e. The van der Waals surface area contributed by atoms with Crippen LogP contribution in [0.25, 0.3) is 0 Å². The molecule has 1 aromatic heterocycles. The lowest BCUT2D eigenvalue weighted by atomic mass is 10.1. The summed E-state index contributed by atoms with van der Waals surface area (Å²) in [5.41, 5.74) is 4.64. The molecule has 2 heterocycles. The van der Waals surface area contributed by atoms with Crippen LogP contribution in [0, 0.1) is 0 Å². The van der Waals surface area contributed by atoms with Gasteiger partial charge in [0.1, 0.15) is 50.4 Å². The van der Waals surface area contributed by atoms with Gasteiger partial charge in [-0.25, -0.2) is 13.9 Å². The Hall–Kier alpha value is -1.26. The summed E-state index contributed by atoms with van der Waals surface area (Å²) >= 11 is 0. The number of phosphoric acid groups is 2. The number of nitrogens with two attached hydrogens (primary N) is 1. The number of hydrogen-bond acceptors (Lipinski definition) is 12. The maximum atomic E-state index is 13.3. The van der Waals surface area contributed by atoms with Gasteiger partial charge in [0, 0.05) is 6.20 Å². The fraction of sp³-hybridized carbons (Fsp3) is 0.789. The number of nitrogen functional groups attached to an aromatic ring is 1. The Morgan fingerprint density at radius 1 is 1.03 bits per heavy atom. The molecule has 2 rings (SSSR count). The molecule has 0 radical (unpaired) electrons. The number of hydrogen-bond donors (Lipinski definition) is 4. The van der Waals surface area contributed by atoms with Crippen molar-refractivity contribution in [3.8, 4) is 0 Å². The summed E-state index contributed by atoms with van der Waals surface area (Å²) < 4.78 is 53.3. The number of aliphatic hydroxyl groups is 2. The minimum Gasteiger partial charge on any atom is -0.387 e. The van der Waals surface area contributed by atoms with Crippen molar-refractivity contribution in [3.05, 3.63) is 22.7 Å². The lowest BCUT2D eigenvalue weighted by Gasteiger charge is -2.26. The van der Waals surface area contributed by atoms with E-state index in [1.54, 1.807) is 0 Å². The van der Waals surface area contributed by atoms with E-state index in [-0.39, 0.29) is 19.0 Å². The molecule has 214 valence electrons. The van der Waals surface area contributed by atoms with Crippen LogP contribution in [0.1, 0.15) is 6.23 Å². The molecule has 1 aliphatic heterocycles. The van der Waals surface area contributed by atoms with E-state index in [2.05, 4.69) is 4.98 Å². The van der Waals surface area contributed by atoms with E-state index in [9.17, 15) is 29.0 Å². The van der Waals surface area contributed by atoms with E-state index in [0.29, 0.717) is 22.1 Å². The predicted octanol–water partition coefficient (Wildman–Crippen LogP) is -0.868. The molecular formula is C19H39N5O11P2+2. The van der Waals surface area contributed by atoms with E-state index in [1.165, 1.54) is 12.3 Å². The van der Waals surface area contributed by atoms with Gasteiger partial charge < -0.3 is 34.5 Å². The zero-order valence-corrected chi connectivity index (χ0v) is 23.7. The van der Waals surface area contributed by atoms with Gasteiger partial charge in [-0.15, -0.1) is 0 Å². The third kappa shape index (κ3) is 10.4. The molecule has 1 aliphatic rings. The zero-order chi connectivity index (χ0) is 28.2. The lowest BCUT2D eigenvalue weighted by Crippen LogP contribution is -2.37. The van der Waals surface area contributed by atoms with Crippen LogP contribution in [-0.4, -0.2) is 127 Å². The standard InChI is InChI=1S/C19H37N5O11P2/c1-23(2,3)9-11-31-36(28,29)35-37(30,32-12-10-24(4,5)6)33-13-14-16(25)17(26)18(34-14)22-8-7-15(20)21-19(22)27/h7-8,14,16-18,25-26H,9-13H2,1-6H3,(H-2,20,21,27,28,29)/p+2/t14-,16-,17-,18-,37?/m1/s1. The number of rotatable bonds is 14. The molecule has 1 fully saturated rings. The van der Waals surface area contributed by atoms with E-state index in [4.69, 9.17) is 28.4 Å². The topological polar surface area (TPSA) is 202 Å². The van der Waals surface area contributed by atoms with E-state index >= 15 is 0 Å². The number of quaternary nitrogens is 2.